The van der Waals surface area contributed by atoms with Crippen LogP contribution in [0.25, 0.3) is 0 Å². The van der Waals surface area contributed by atoms with E-state index in [-0.39, 0.29) is 6.04 Å². The van der Waals surface area contributed by atoms with Crippen LogP contribution in [-0.4, -0.2) is 13.7 Å². The average molecular weight is 334 g/mol. The first-order valence-corrected chi connectivity index (χ1v) is 7.56. The fourth-order valence-electron chi connectivity index (χ4n) is 2.19. The molecule has 2 rings (SSSR count). The van der Waals surface area contributed by atoms with Crippen molar-refractivity contribution in [3.8, 4) is 0 Å². The molecule has 1 unspecified atom stereocenters. The molecular weight excluding hydrogens is 314 g/mol. The molecule has 0 radical (unpaired) electrons. The van der Waals surface area contributed by atoms with Crippen LogP contribution in [-0.2, 0) is 17.6 Å². The number of rotatable bonds is 6. The first-order valence-electron chi connectivity index (χ1n) is 6.77. The van der Waals surface area contributed by atoms with Crippen molar-refractivity contribution in [3.63, 3.8) is 0 Å². The van der Waals surface area contributed by atoms with Crippen LogP contribution in [0.2, 0.25) is 0 Å². The molecule has 2 nitrogen and oxygen atoms in total. The SMILES string of the molecule is COCCc1ccc(C(N)Cc2cccc(Br)c2)cc1. The van der Waals surface area contributed by atoms with E-state index in [1.165, 1.54) is 16.7 Å². The monoisotopic (exact) mass is 333 g/mol. The van der Waals surface area contributed by atoms with Crippen LogP contribution in [0.4, 0.5) is 0 Å². The Labute approximate surface area is 129 Å². The zero-order valence-electron chi connectivity index (χ0n) is 11.7. The van der Waals surface area contributed by atoms with Crippen molar-refractivity contribution in [1.29, 1.82) is 0 Å². The van der Waals surface area contributed by atoms with Gasteiger partial charge >= 0.3 is 0 Å². The molecule has 0 saturated heterocycles. The smallest absolute Gasteiger partial charge is 0.0502 e. The lowest BCUT2D eigenvalue weighted by Crippen LogP contribution is -2.13. The Hall–Kier alpha value is -1.16. The van der Waals surface area contributed by atoms with Gasteiger partial charge in [-0.15, -0.1) is 0 Å². The van der Waals surface area contributed by atoms with E-state index in [0.717, 1.165) is 23.9 Å². The summed E-state index contributed by atoms with van der Waals surface area (Å²) in [6, 6.07) is 16.8. The van der Waals surface area contributed by atoms with Crippen LogP contribution < -0.4 is 5.73 Å². The first kappa shape index (κ1) is 15.2. The Balaban J connectivity index is 2.00. The highest BCUT2D eigenvalue weighted by atomic mass is 79.9. The summed E-state index contributed by atoms with van der Waals surface area (Å²) < 4.78 is 6.18. The van der Waals surface area contributed by atoms with Crippen molar-refractivity contribution >= 4 is 15.9 Å². The molecule has 0 amide bonds. The maximum atomic E-state index is 6.29. The minimum absolute atomic E-state index is 0.0285. The topological polar surface area (TPSA) is 35.2 Å². The number of methoxy groups -OCH3 is 1. The van der Waals surface area contributed by atoms with Gasteiger partial charge in [-0.2, -0.15) is 0 Å². The molecule has 0 heterocycles. The number of hydrogen-bond donors (Lipinski definition) is 1. The highest BCUT2D eigenvalue weighted by molar-refractivity contribution is 9.10. The van der Waals surface area contributed by atoms with Gasteiger partial charge in [0.05, 0.1) is 6.61 Å². The van der Waals surface area contributed by atoms with Gasteiger partial charge in [0.2, 0.25) is 0 Å². The molecular formula is C17H20BrNO. The zero-order valence-corrected chi connectivity index (χ0v) is 13.3. The van der Waals surface area contributed by atoms with Crippen LogP contribution >= 0.6 is 15.9 Å². The van der Waals surface area contributed by atoms with Gasteiger partial charge in [0, 0.05) is 17.6 Å². The van der Waals surface area contributed by atoms with Crippen LogP contribution in [0.1, 0.15) is 22.7 Å². The van der Waals surface area contributed by atoms with Crippen LogP contribution in [0.3, 0.4) is 0 Å². The van der Waals surface area contributed by atoms with Crippen molar-refractivity contribution < 1.29 is 4.74 Å². The predicted octanol–water partition coefficient (Wildman–Crippen LogP) is 3.88. The number of benzene rings is 2. The van der Waals surface area contributed by atoms with E-state index >= 15 is 0 Å². The summed E-state index contributed by atoms with van der Waals surface area (Å²) in [5, 5.41) is 0. The molecule has 2 aromatic carbocycles. The van der Waals surface area contributed by atoms with Crippen molar-refractivity contribution in [2.75, 3.05) is 13.7 Å². The van der Waals surface area contributed by atoms with Gasteiger partial charge in [0.1, 0.15) is 0 Å². The van der Waals surface area contributed by atoms with E-state index in [1.807, 2.05) is 12.1 Å². The normalized spacial score (nSPS) is 12.3. The summed E-state index contributed by atoms with van der Waals surface area (Å²) >= 11 is 3.49. The van der Waals surface area contributed by atoms with Crippen LogP contribution in [0, 0.1) is 0 Å². The third-order valence-electron chi connectivity index (χ3n) is 3.35. The van der Waals surface area contributed by atoms with E-state index < -0.39 is 0 Å². The minimum Gasteiger partial charge on any atom is -0.384 e. The Morgan fingerprint density at radius 2 is 1.85 bits per heavy atom. The summed E-state index contributed by atoms with van der Waals surface area (Å²) in [5.41, 5.74) is 9.99. The van der Waals surface area contributed by atoms with Crippen LogP contribution in [0.5, 0.6) is 0 Å². The molecule has 0 aliphatic carbocycles. The molecule has 0 aromatic heterocycles. The molecule has 20 heavy (non-hydrogen) atoms. The molecule has 0 fully saturated rings. The number of nitrogens with two attached hydrogens (primary N) is 1. The highest BCUT2D eigenvalue weighted by Crippen LogP contribution is 2.19. The second-order valence-electron chi connectivity index (χ2n) is 4.92. The van der Waals surface area contributed by atoms with Crippen molar-refractivity contribution in [1.82, 2.24) is 0 Å². The number of ether oxygens (including phenoxy) is 1. The quantitative estimate of drug-likeness (QED) is 0.870. The summed E-state index contributed by atoms with van der Waals surface area (Å²) in [6.07, 6.45) is 1.79. The van der Waals surface area contributed by atoms with E-state index in [2.05, 4.69) is 52.3 Å². The fourth-order valence-corrected chi connectivity index (χ4v) is 2.63. The van der Waals surface area contributed by atoms with Crippen molar-refractivity contribution in [2.45, 2.75) is 18.9 Å². The number of hydrogen-bond acceptors (Lipinski definition) is 2. The highest BCUT2D eigenvalue weighted by Gasteiger charge is 2.07. The summed E-state index contributed by atoms with van der Waals surface area (Å²) in [4.78, 5) is 0. The molecule has 1 atom stereocenters. The zero-order chi connectivity index (χ0) is 14.4. The molecule has 0 aliphatic rings. The van der Waals surface area contributed by atoms with Gasteiger partial charge in [-0.05, 0) is 41.7 Å². The Bertz CT molecular complexity index is 539. The van der Waals surface area contributed by atoms with Gasteiger partial charge in [-0.25, -0.2) is 0 Å². The second-order valence-corrected chi connectivity index (χ2v) is 5.84. The minimum atomic E-state index is 0.0285. The lowest BCUT2D eigenvalue weighted by Gasteiger charge is -2.13. The number of halogens is 1. The van der Waals surface area contributed by atoms with Gasteiger partial charge in [0.25, 0.3) is 0 Å². The summed E-state index contributed by atoms with van der Waals surface area (Å²) in [7, 11) is 1.72. The standard InChI is InChI=1S/C17H20BrNO/c1-20-10-9-13-5-7-15(8-6-13)17(19)12-14-3-2-4-16(18)11-14/h2-8,11,17H,9-10,12,19H2,1H3. The largest absolute Gasteiger partial charge is 0.384 e. The molecule has 106 valence electrons. The molecule has 2 aromatic rings. The van der Waals surface area contributed by atoms with Gasteiger partial charge in [-0.3, -0.25) is 0 Å². The lowest BCUT2D eigenvalue weighted by atomic mass is 9.98. The molecule has 0 saturated carbocycles. The molecule has 3 heteroatoms. The molecule has 0 bridgehead atoms. The Morgan fingerprint density at radius 1 is 1.10 bits per heavy atom. The van der Waals surface area contributed by atoms with E-state index in [9.17, 15) is 0 Å². The molecule has 2 N–H and O–H groups in total. The Morgan fingerprint density at radius 3 is 2.50 bits per heavy atom. The molecule has 0 aliphatic heterocycles. The third-order valence-corrected chi connectivity index (χ3v) is 3.84. The van der Waals surface area contributed by atoms with Crippen molar-refractivity contribution in [2.24, 2.45) is 5.73 Å². The van der Waals surface area contributed by atoms with Gasteiger partial charge < -0.3 is 10.5 Å². The average Bonchev–Trinajstić information content (AvgIpc) is 2.45. The van der Waals surface area contributed by atoms with E-state index in [4.69, 9.17) is 10.5 Å². The van der Waals surface area contributed by atoms with E-state index in [1.54, 1.807) is 7.11 Å². The fraction of sp³-hybridized carbons (Fsp3) is 0.294. The second kappa shape index (κ2) is 7.58. The lowest BCUT2D eigenvalue weighted by molar-refractivity contribution is 0.202. The maximum absolute atomic E-state index is 6.29. The van der Waals surface area contributed by atoms with E-state index in [0.29, 0.717) is 0 Å². The van der Waals surface area contributed by atoms with Crippen LogP contribution in [0.15, 0.2) is 53.0 Å². The summed E-state index contributed by atoms with van der Waals surface area (Å²) in [5.74, 6) is 0. The van der Waals surface area contributed by atoms with Gasteiger partial charge in [0.15, 0.2) is 0 Å². The van der Waals surface area contributed by atoms with Crippen molar-refractivity contribution in [3.05, 3.63) is 69.7 Å². The Kier molecular flexibility index (Phi) is 5.77. The molecule has 0 spiro atoms. The van der Waals surface area contributed by atoms with Gasteiger partial charge in [-0.1, -0.05) is 52.3 Å². The predicted molar refractivity (Wildman–Crippen MR) is 86.8 cm³/mol. The first-order chi connectivity index (χ1) is 9.69. The summed E-state index contributed by atoms with van der Waals surface area (Å²) in [6.45, 7) is 0.753. The third kappa shape index (κ3) is 4.44. The maximum Gasteiger partial charge on any atom is 0.0502 e.